The van der Waals surface area contributed by atoms with Gasteiger partial charge >= 0.3 is 11.9 Å². The van der Waals surface area contributed by atoms with Gasteiger partial charge < -0.3 is 20.5 Å². The van der Waals surface area contributed by atoms with Gasteiger partial charge in [0.25, 0.3) is 11.6 Å². The average molecular weight is 581 g/mol. The molecule has 14 heteroatoms. The number of carboxylic acids is 1. The Morgan fingerprint density at radius 1 is 1.17 bits per heavy atom. The molecule has 3 N–H and O–H groups in total. The van der Waals surface area contributed by atoms with Gasteiger partial charge in [-0.3, -0.25) is 34.2 Å². The van der Waals surface area contributed by atoms with Crippen molar-refractivity contribution in [3.05, 3.63) is 93.2 Å². The second-order valence-electron chi connectivity index (χ2n) is 8.94. The Morgan fingerprint density at radius 3 is 2.51 bits per heavy atom. The topological polar surface area (TPSA) is 185 Å². The van der Waals surface area contributed by atoms with Crippen LogP contribution in [0.15, 0.2) is 71.9 Å². The lowest BCUT2D eigenvalue weighted by atomic mass is 10.0. The minimum Gasteiger partial charge on any atom is -0.477 e. The SMILES string of the molecule is CC(=O)OCC1=C(C(=O)O)N2C(=O)[C@@H](NC(=O)[C@@H](NC(=O)C=Cc3ccccc3[N+](=O)[O-])c3ccccc3)[C@H]2SC1. The summed E-state index contributed by atoms with van der Waals surface area (Å²) in [7, 11) is 0. The van der Waals surface area contributed by atoms with E-state index in [2.05, 4.69) is 10.6 Å². The number of carboxylic acid groups (broad SMARTS) is 1. The van der Waals surface area contributed by atoms with Crippen LogP contribution < -0.4 is 10.6 Å². The number of β-lactam (4-membered cyclic amide) rings is 1. The number of amides is 3. The van der Waals surface area contributed by atoms with E-state index >= 15 is 0 Å². The van der Waals surface area contributed by atoms with Crippen molar-refractivity contribution in [3.8, 4) is 0 Å². The number of carbonyl (C=O) groups excluding carboxylic acids is 4. The van der Waals surface area contributed by atoms with Gasteiger partial charge in [-0.05, 0) is 17.7 Å². The molecule has 2 aliphatic heterocycles. The summed E-state index contributed by atoms with van der Waals surface area (Å²) in [5, 5.41) is 25.4. The Bertz CT molecular complexity index is 1470. The molecule has 2 aliphatic rings. The third-order valence-electron chi connectivity index (χ3n) is 6.23. The third-order valence-corrected chi connectivity index (χ3v) is 7.57. The molecule has 1 saturated heterocycles. The number of para-hydroxylation sites is 1. The summed E-state index contributed by atoms with van der Waals surface area (Å²) in [6, 6.07) is 11.8. The molecule has 0 aromatic heterocycles. The Morgan fingerprint density at radius 2 is 1.85 bits per heavy atom. The summed E-state index contributed by atoms with van der Waals surface area (Å²) >= 11 is 1.20. The van der Waals surface area contributed by atoms with Crippen LogP contribution in [0, 0.1) is 10.1 Å². The molecule has 0 radical (unpaired) electrons. The molecule has 41 heavy (non-hydrogen) atoms. The number of hydrogen-bond acceptors (Lipinski definition) is 9. The number of aliphatic carboxylic acids is 1. The number of nitro benzene ring substituents is 1. The van der Waals surface area contributed by atoms with Crippen LogP contribution in [-0.2, 0) is 28.7 Å². The Balaban J connectivity index is 1.50. The number of hydrogen-bond donors (Lipinski definition) is 3. The fourth-order valence-corrected chi connectivity index (χ4v) is 5.64. The van der Waals surface area contributed by atoms with Gasteiger partial charge in [-0.1, -0.05) is 42.5 Å². The lowest BCUT2D eigenvalue weighted by molar-refractivity contribution is -0.385. The van der Waals surface area contributed by atoms with Gasteiger partial charge in [0.05, 0.1) is 10.5 Å². The van der Waals surface area contributed by atoms with Gasteiger partial charge in [-0.2, -0.15) is 0 Å². The van der Waals surface area contributed by atoms with Crippen molar-refractivity contribution in [1.82, 2.24) is 15.5 Å². The molecule has 3 atom stereocenters. The van der Waals surface area contributed by atoms with Crippen LogP contribution in [0.4, 0.5) is 5.69 Å². The summed E-state index contributed by atoms with van der Waals surface area (Å²) in [5.74, 6) is -3.90. The van der Waals surface area contributed by atoms with Gasteiger partial charge in [0, 0.05) is 30.4 Å². The molecule has 2 aromatic carbocycles. The number of ether oxygens (including phenoxy) is 1. The fraction of sp³-hybridized carbons (Fsp3) is 0.222. The fourth-order valence-electron chi connectivity index (χ4n) is 4.32. The van der Waals surface area contributed by atoms with Gasteiger partial charge in [-0.25, -0.2) is 4.79 Å². The second-order valence-corrected chi connectivity index (χ2v) is 10.0. The van der Waals surface area contributed by atoms with E-state index in [9.17, 15) is 39.2 Å². The Labute approximate surface area is 237 Å². The third kappa shape index (κ3) is 6.44. The summed E-state index contributed by atoms with van der Waals surface area (Å²) in [6.07, 6.45) is 2.32. The molecular formula is C27H24N4O9S. The zero-order valence-corrected chi connectivity index (χ0v) is 22.3. The highest BCUT2D eigenvalue weighted by Crippen LogP contribution is 2.40. The Hall–Kier alpha value is -4.98. The average Bonchev–Trinajstić information content (AvgIpc) is 2.96. The number of fused-ring (bicyclic) bond motifs is 1. The summed E-state index contributed by atoms with van der Waals surface area (Å²) in [4.78, 5) is 74.0. The first-order valence-corrected chi connectivity index (χ1v) is 13.2. The smallest absolute Gasteiger partial charge is 0.352 e. The first-order valence-electron chi connectivity index (χ1n) is 12.2. The highest BCUT2D eigenvalue weighted by atomic mass is 32.2. The van der Waals surface area contributed by atoms with E-state index in [1.165, 1.54) is 43.0 Å². The predicted molar refractivity (Wildman–Crippen MR) is 146 cm³/mol. The van der Waals surface area contributed by atoms with Crippen molar-refractivity contribution >= 4 is 53.2 Å². The highest BCUT2D eigenvalue weighted by molar-refractivity contribution is 8.00. The predicted octanol–water partition coefficient (Wildman–Crippen LogP) is 1.77. The lowest BCUT2D eigenvalue weighted by Crippen LogP contribution is -2.71. The molecule has 0 aliphatic carbocycles. The largest absolute Gasteiger partial charge is 0.477 e. The van der Waals surface area contributed by atoms with E-state index in [1.54, 1.807) is 36.4 Å². The Kier molecular flexibility index (Phi) is 8.82. The minimum absolute atomic E-state index is 0.158. The maximum absolute atomic E-state index is 13.4. The van der Waals surface area contributed by atoms with Gasteiger partial charge in [0.1, 0.15) is 29.8 Å². The molecule has 13 nitrogen and oxygen atoms in total. The minimum atomic E-state index is -1.37. The molecule has 4 rings (SSSR count). The zero-order chi connectivity index (χ0) is 29.7. The quantitative estimate of drug-likeness (QED) is 0.123. The normalized spacial score (nSPS) is 18.7. The van der Waals surface area contributed by atoms with Crippen molar-refractivity contribution in [3.63, 3.8) is 0 Å². The maximum Gasteiger partial charge on any atom is 0.352 e. The number of esters is 1. The van der Waals surface area contributed by atoms with E-state index in [4.69, 9.17) is 4.74 Å². The van der Waals surface area contributed by atoms with Crippen LogP contribution in [0.3, 0.4) is 0 Å². The van der Waals surface area contributed by atoms with Crippen LogP contribution in [0.2, 0.25) is 0 Å². The van der Waals surface area contributed by atoms with Crippen LogP contribution >= 0.6 is 11.8 Å². The number of rotatable bonds is 10. The monoisotopic (exact) mass is 580 g/mol. The van der Waals surface area contributed by atoms with Crippen LogP contribution in [0.25, 0.3) is 6.08 Å². The van der Waals surface area contributed by atoms with E-state index in [1.807, 2.05) is 0 Å². The molecule has 2 heterocycles. The van der Waals surface area contributed by atoms with Crippen LogP contribution in [0.1, 0.15) is 24.1 Å². The van der Waals surface area contributed by atoms with Crippen molar-refractivity contribution < 1.29 is 38.7 Å². The first kappa shape index (κ1) is 29.0. The molecule has 0 bridgehead atoms. The van der Waals surface area contributed by atoms with Gasteiger partial charge in [-0.15, -0.1) is 11.8 Å². The molecule has 1 fully saturated rings. The molecule has 0 saturated carbocycles. The zero-order valence-electron chi connectivity index (χ0n) is 21.5. The molecule has 0 unspecified atom stereocenters. The molecular weight excluding hydrogens is 556 g/mol. The number of nitro groups is 1. The molecule has 212 valence electrons. The number of benzene rings is 2. The van der Waals surface area contributed by atoms with Crippen molar-refractivity contribution in [2.75, 3.05) is 12.4 Å². The van der Waals surface area contributed by atoms with E-state index in [-0.39, 0.29) is 34.9 Å². The summed E-state index contributed by atoms with van der Waals surface area (Å²) in [6.45, 7) is 0.905. The van der Waals surface area contributed by atoms with Crippen molar-refractivity contribution in [2.45, 2.75) is 24.4 Å². The first-order chi connectivity index (χ1) is 19.6. The van der Waals surface area contributed by atoms with E-state index < -0.39 is 52.0 Å². The van der Waals surface area contributed by atoms with Gasteiger partial charge in [0.15, 0.2) is 0 Å². The van der Waals surface area contributed by atoms with Crippen molar-refractivity contribution in [2.24, 2.45) is 0 Å². The standard InChI is InChI=1S/C27H24N4O9S/c1-15(32)40-13-18-14-41-26-22(25(35)30(26)23(18)27(36)37)29-24(34)21(17-8-3-2-4-9-17)28-20(33)12-11-16-7-5-6-10-19(16)31(38)39/h2-12,21-22,26H,13-14H2,1H3,(H,28,33)(H,29,34)(H,36,37)/t21-,22+,26+/m0/s1. The molecule has 2 aromatic rings. The van der Waals surface area contributed by atoms with Crippen molar-refractivity contribution in [1.29, 1.82) is 0 Å². The van der Waals surface area contributed by atoms with Crippen LogP contribution in [-0.4, -0.2) is 68.4 Å². The summed E-state index contributed by atoms with van der Waals surface area (Å²) in [5.41, 5.74) is 0.369. The van der Waals surface area contributed by atoms with E-state index in [0.717, 1.165) is 11.0 Å². The van der Waals surface area contributed by atoms with Crippen LogP contribution in [0.5, 0.6) is 0 Å². The van der Waals surface area contributed by atoms with E-state index in [0.29, 0.717) is 5.56 Å². The van der Waals surface area contributed by atoms with Gasteiger partial charge in [0.2, 0.25) is 11.8 Å². The molecule has 3 amide bonds. The number of nitrogens with one attached hydrogen (secondary N) is 2. The number of nitrogens with zero attached hydrogens (tertiary/aromatic N) is 2. The summed E-state index contributed by atoms with van der Waals surface area (Å²) < 4.78 is 4.92. The maximum atomic E-state index is 13.4. The number of thioether (sulfide) groups is 1. The molecule has 0 spiro atoms. The highest BCUT2D eigenvalue weighted by Gasteiger charge is 2.54. The number of carbonyl (C=O) groups is 5. The lowest BCUT2D eigenvalue weighted by Gasteiger charge is -2.49. The second kappa shape index (κ2) is 12.5.